The number of nitrogens with two attached hydrogens (primary N) is 1. The number of fused-ring (bicyclic) bond motifs is 1. The smallest absolute Gasteiger partial charge is 0.0456 e. The lowest BCUT2D eigenvalue weighted by molar-refractivity contribution is 0.125. The van der Waals surface area contributed by atoms with Crippen molar-refractivity contribution in [2.75, 3.05) is 7.05 Å². The Morgan fingerprint density at radius 1 is 1.21 bits per heavy atom. The van der Waals surface area contributed by atoms with E-state index in [1.165, 1.54) is 30.4 Å². The predicted molar refractivity (Wildman–Crippen MR) is 80.1 cm³/mol. The molecule has 2 nitrogen and oxygen atoms in total. The zero-order valence-electron chi connectivity index (χ0n) is 12.3. The molecule has 2 N–H and O–H groups in total. The van der Waals surface area contributed by atoms with Gasteiger partial charge in [-0.05, 0) is 56.2 Å². The molecule has 2 aliphatic carbocycles. The minimum Gasteiger partial charge on any atom is -0.323 e. The van der Waals surface area contributed by atoms with Crippen molar-refractivity contribution in [3.05, 3.63) is 35.4 Å². The molecule has 0 spiro atoms. The fourth-order valence-electron chi connectivity index (χ4n) is 3.74. The van der Waals surface area contributed by atoms with Crippen LogP contribution in [0.4, 0.5) is 0 Å². The van der Waals surface area contributed by atoms with Crippen LogP contribution < -0.4 is 5.73 Å². The van der Waals surface area contributed by atoms with E-state index in [0.29, 0.717) is 18.0 Å². The number of hydrogen-bond donors (Lipinski definition) is 1. The summed E-state index contributed by atoms with van der Waals surface area (Å²) in [6, 6.07) is 10.1. The molecule has 0 amide bonds. The second-order valence-electron chi connectivity index (χ2n) is 6.60. The van der Waals surface area contributed by atoms with E-state index in [1.807, 2.05) is 0 Å². The zero-order chi connectivity index (χ0) is 13.6. The maximum absolute atomic E-state index is 6.57. The van der Waals surface area contributed by atoms with Gasteiger partial charge in [-0.2, -0.15) is 0 Å². The Hall–Kier alpha value is -0.860. The van der Waals surface area contributed by atoms with Crippen LogP contribution >= 0.6 is 0 Å². The van der Waals surface area contributed by atoms with Crippen molar-refractivity contribution in [1.29, 1.82) is 0 Å². The molecule has 2 heteroatoms. The van der Waals surface area contributed by atoms with Gasteiger partial charge in [0.25, 0.3) is 0 Å². The molecule has 19 heavy (non-hydrogen) atoms. The van der Waals surface area contributed by atoms with Crippen LogP contribution in [0, 0.1) is 5.92 Å². The van der Waals surface area contributed by atoms with Crippen molar-refractivity contribution >= 4 is 0 Å². The third-order valence-electron chi connectivity index (χ3n) is 5.37. The van der Waals surface area contributed by atoms with Gasteiger partial charge in [-0.1, -0.05) is 31.2 Å². The van der Waals surface area contributed by atoms with Crippen LogP contribution in [-0.4, -0.2) is 24.0 Å². The van der Waals surface area contributed by atoms with E-state index in [9.17, 15) is 0 Å². The van der Waals surface area contributed by atoms with Crippen molar-refractivity contribution in [2.45, 2.75) is 57.2 Å². The summed E-state index contributed by atoms with van der Waals surface area (Å²) in [7, 11) is 2.27. The Bertz CT molecular complexity index is 452. The van der Waals surface area contributed by atoms with Gasteiger partial charge < -0.3 is 5.73 Å². The van der Waals surface area contributed by atoms with E-state index in [-0.39, 0.29) is 6.04 Å². The lowest BCUT2D eigenvalue weighted by Gasteiger charge is -2.42. The maximum Gasteiger partial charge on any atom is 0.0456 e. The van der Waals surface area contributed by atoms with Crippen LogP contribution in [-0.2, 0) is 0 Å². The highest BCUT2D eigenvalue weighted by molar-refractivity contribution is 5.36. The molecule has 1 aromatic carbocycles. The van der Waals surface area contributed by atoms with Crippen LogP contribution in [0.15, 0.2) is 24.3 Å². The first kappa shape index (κ1) is 13.1. The lowest BCUT2D eigenvalue weighted by Crippen LogP contribution is -2.48. The predicted octanol–water partition coefficient (Wildman–Crippen LogP) is 3.29. The van der Waals surface area contributed by atoms with E-state index in [0.717, 1.165) is 5.92 Å². The van der Waals surface area contributed by atoms with Crippen LogP contribution in [0.3, 0.4) is 0 Å². The highest BCUT2D eigenvalue weighted by Gasteiger charge is 2.38. The van der Waals surface area contributed by atoms with Gasteiger partial charge in [0.15, 0.2) is 0 Å². The molecule has 2 aliphatic rings. The molecular weight excluding hydrogens is 232 g/mol. The van der Waals surface area contributed by atoms with Crippen LogP contribution in [0.5, 0.6) is 0 Å². The average Bonchev–Trinajstić information content (AvgIpc) is 3.26. The monoisotopic (exact) mass is 258 g/mol. The van der Waals surface area contributed by atoms with Gasteiger partial charge in [-0.15, -0.1) is 0 Å². The standard InChI is InChI=1S/C17H26N2/c1-11-10-16(19(3)12(2)13-8-9-13)17(18)15-7-5-4-6-14(11)15/h4-7,11-13,16-17H,8-10,18H2,1-3H3. The molecule has 1 fully saturated rings. The Kier molecular flexibility index (Phi) is 3.40. The number of hydrogen-bond acceptors (Lipinski definition) is 2. The third kappa shape index (κ3) is 2.32. The minimum atomic E-state index is 0.165. The number of likely N-dealkylation sites (N-methyl/N-ethyl adjacent to an activating group) is 1. The first-order valence-corrected chi connectivity index (χ1v) is 7.66. The third-order valence-corrected chi connectivity index (χ3v) is 5.37. The van der Waals surface area contributed by atoms with E-state index in [2.05, 4.69) is 50.1 Å². The fraction of sp³-hybridized carbons (Fsp3) is 0.647. The molecule has 104 valence electrons. The Morgan fingerprint density at radius 2 is 1.84 bits per heavy atom. The summed E-state index contributed by atoms with van der Waals surface area (Å²) in [6.45, 7) is 4.71. The molecular formula is C17H26N2. The number of benzene rings is 1. The van der Waals surface area contributed by atoms with Crippen LogP contribution in [0.25, 0.3) is 0 Å². The summed E-state index contributed by atoms with van der Waals surface area (Å²) in [5.41, 5.74) is 9.39. The van der Waals surface area contributed by atoms with Gasteiger partial charge in [0.2, 0.25) is 0 Å². The molecule has 0 aromatic heterocycles. The quantitative estimate of drug-likeness (QED) is 0.901. The molecule has 1 aromatic rings. The van der Waals surface area contributed by atoms with Crippen molar-refractivity contribution in [1.82, 2.24) is 4.90 Å². The Morgan fingerprint density at radius 3 is 2.47 bits per heavy atom. The molecule has 0 radical (unpaired) electrons. The van der Waals surface area contributed by atoms with Gasteiger partial charge in [-0.25, -0.2) is 0 Å². The molecule has 3 rings (SSSR count). The SMILES string of the molecule is CC1CC(N(C)C(C)C2CC2)C(N)c2ccccc21. The van der Waals surface area contributed by atoms with E-state index in [1.54, 1.807) is 0 Å². The van der Waals surface area contributed by atoms with Gasteiger partial charge in [0.05, 0.1) is 0 Å². The molecule has 0 saturated heterocycles. The van der Waals surface area contributed by atoms with Crippen molar-refractivity contribution in [2.24, 2.45) is 11.7 Å². The molecule has 0 aliphatic heterocycles. The molecule has 0 heterocycles. The fourth-order valence-corrected chi connectivity index (χ4v) is 3.74. The number of nitrogens with zero attached hydrogens (tertiary/aromatic N) is 1. The summed E-state index contributed by atoms with van der Waals surface area (Å²) in [4.78, 5) is 2.55. The maximum atomic E-state index is 6.57. The van der Waals surface area contributed by atoms with Crippen molar-refractivity contribution in [3.8, 4) is 0 Å². The van der Waals surface area contributed by atoms with E-state index in [4.69, 9.17) is 5.73 Å². The van der Waals surface area contributed by atoms with Gasteiger partial charge in [0.1, 0.15) is 0 Å². The second-order valence-corrected chi connectivity index (χ2v) is 6.60. The van der Waals surface area contributed by atoms with E-state index >= 15 is 0 Å². The molecule has 4 atom stereocenters. The summed E-state index contributed by atoms with van der Waals surface area (Å²) in [5, 5.41) is 0. The van der Waals surface area contributed by atoms with Crippen molar-refractivity contribution < 1.29 is 0 Å². The largest absolute Gasteiger partial charge is 0.323 e. The zero-order valence-corrected chi connectivity index (χ0v) is 12.3. The molecule has 1 saturated carbocycles. The van der Waals surface area contributed by atoms with Gasteiger partial charge >= 0.3 is 0 Å². The Labute approximate surface area is 117 Å². The second kappa shape index (κ2) is 4.92. The van der Waals surface area contributed by atoms with Gasteiger partial charge in [0, 0.05) is 18.1 Å². The number of rotatable bonds is 3. The van der Waals surface area contributed by atoms with Gasteiger partial charge in [-0.3, -0.25) is 4.90 Å². The highest BCUT2D eigenvalue weighted by atomic mass is 15.2. The molecule has 4 unspecified atom stereocenters. The van der Waals surface area contributed by atoms with Crippen LogP contribution in [0.2, 0.25) is 0 Å². The first-order valence-electron chi connectivity index (χ1n) is 7.66. The van der Waals surface area contributed by atoms with Crippen molar-refractivity contribution in [3.63, 3.8) is 0 Å². The summed E-state index contributed by atoms with van der Waals surface area (Å²) in [6.07, 6.45) is 3.99. The minimum absolute atomic E-state index is 0.165. The normalized spacial score (nSPS) is 32.2. The average molecular weight is 258 g/mol. The topological polar surface area (TPSA) is 29.3 Å². The summed E-state index contributed by atoms with van der Waals surface area (Å²) in [5.74, 6) is 1.53. The van der Waals surface area contributed by atoms with E-state index < -0.39 is 0 Å². The van der Waals surface area contributed by atoms with Crippen LogP contribution in [0.1, 0.15) is 56.2 Å². The molecule has 0 bridgehead atoms. The summed E-state index contributed by atoms with van der Waals surface area (Å²) >= 11 is 0. The highest BCUT2D eigenvalue weighted by Crippen LogP contribution is 2.41. The lowest BCUT2D eigenvalue weighted by atomic mass is 9.77. The Balaban J connectivity index is 1.84. The summed E-state index contributed by atoms with van der Waals surface area (Å²) < 4.78 is 0. The first-order chi connectivity index (χ1) is 9.09.